The number of H-pyrrole nitrogens is 1. The van der Waals surface area contributed by atoms with Crippen LogP contribution >= 0.6 is 0 Å². The number of hydrogen-bond donors (Lipinski definition) is 3. The number of nitrogens with one attached hydrogen (secondary N) is 2. The van der Waals surface area contributed by atoms with Crippen molar-refractivity contribution >= 4 is 11.6 Å². The number of carbonyl (C=O) groups is 1. The van der Waals surface area contributed by atoms with Gasteiger partial charge in [0, 0.05) is 24.5 Å². The number of amides is 1. The summed E-state index contributed by atoms with van der Waals surface area (Å²) >= 11 is 0. The number of nitrogens with two attached hydrogens (primary N) is 1. The van der Waals surface area contributed by atoms with Crippen LogP contribution in [0.5, 0.6) is 0 Å². The summed E-state index contributed by atoms with van der Waals surface area (Å²) in [5.41, 5.74) is 6.69. The van der Waals surface area contributed by atoms with Gasteiger partial charge in [0.1, 0.15) is 5.69 Å². The molecule has 5 heteroatoms. The molecular formula is C13H22N4O. The fourth-order valence-electron chi connectivity index (χ4n) is 2.42. The molecule has 0 radical (unpaired) electrons. The van der Waals surface area contributed by atoms with E-state index in [0.717, 1.165) is 19.6 Å². The molecule has 2 rings (SSSR count). The van der Waals surface area contributed by atoms with Crippen molar-refractivity contribution in [2.75, 3.05) is 25.4 Å². The van der Waals surface area contributed by atoms with Crippen molar-refractivity contribution in [3.05, 3.63) is 18.0 Å². The topological polar surface area (TPSA) is 74.2 Å². The highest BCUT2D eigenvalue weighted by molar-refractivity contribution is 5.93. The summed E-state index contributed by atoms with van der Waals surface area (Å²) in [5, 5.41) is 2.99. The molecular weight excluding hydrogens is 228 g/mol. The molecule has 1 aliphatic heterocycles. The molecule has 0 aliphatic carbocycles. The molecule has 4 N–H and O–H groups in total. The Labute approximate surface area is 108 Å². The van der Waals surface area contributed by atoms with Gasteiger partial charge in [-0.2, -0.15) is 0 Å². The van der Waals surface area contributed by atoms with Crippen LogP contribution in [0, 0.1) is 0 Å². The molecule has 1 aliphatic rings. The average molecular weight is 250 g/mol. The van der Waals surface area contributed by atoms with Crippen molar-refractivity contribution in [3.8, 4) is 0 Å². The van der Waals surface area contributed by atoms with E-state index in [1.165, 1.54) is 19.3 Å². The van der Waals surface area contributed by atoms with Gasteiger partial charge in [0.2, 0.25) is 0 Å². The molecule has 100 valence electrons. The number of aromatic amines is 1. The first-order chi connectivity index (χ1) is 8.65. The fraction of sp³-hybridized carbons (Fsp3) is 0.615. The van der Waals surface area contributed by atoms with E-state index in [-0.39, 0.29) is 11.9 Å². The largest absolute Gasteiger partial charge is 0.397 e. The summed E-state index contributed by atoms with van der Waals surface area (Å²) < 4.78 is 0. The minimum Gasteiger partial charge on any atom is -0.397 e. The number of carbonyl (C=O) groups excluding carboxylic acids is 1. The number of hydrogen-bond acceptors (Lipinski definition) is 3. The normalized spacial score (nSPS) is 18.5. The van der Waals surface area contributed by atoms with Gasteiger partial charge >= 0.3 is 0 Å². The minimum absolute atomic E-state index is 0.0868. The van der Waals surface area contributed by atoms with E-state index in [0.29, 0.717) is 11.4 Å². The number of aromatic nitrogens is 1. The lowest BCUT2D eigenvalue weighted by atomic mass is 10.1. The van der Waals surface area contributed by atoms with Crippen LogP contribution < -0.4 is 11.1 Å². The van der Waals surface area contributed by atoms with Gasteiger partial charge in [-0.3, -0.25) is 4.79 Å². The first-order valence-corrected chi connectivity index (χ1v) is 6.62. The second-order valence-electron chi connectivity index (χ2n) is 5.08. The highest BCUT2D eigenvalue weighted by Gasteiger charge is 2.16. The van der Waals surface area contributed by atoms with E-state index in [2.05, 4.69) is 15.2 Å². The third-order valence-corrected chi connectivity index (χ3v) is 3.31. The Bertz CT molecular complexity index is 395. The van der Waals surface area contributed by atoms with Crippen LogP contribution in [0.2, 0.25) is 0 Å². The van der Waals surface area contributed by atoms with E-state index in [9.17, 15) is 4.79 Å². The molecule has 1 unspecified atom stereocenters. The molecule has 0 spiro atoms. The molecule has 1 saturated heterocycles. The van der Waals surface area contributed by atoms with Crippen LogP contribution in [-0.2, 0) is 0 Å². The van der Waals surface area contributed by atoms with Crippen molar-refractivity contribution in [1.82, 2.24) is 15.2 Å². The highest BCUT2D eigenvalue weighted by atomic mass is 16.1. The zero-order valence-electron chi connectivity index (χ0n) is 10.9. The Morgan fingerprint density at radius 1 is 1.50 bits per heavy atom. The molecule has 0 saturated carbocycles. The quantitative estimate of drug-likeness (QED) is 0.751. The lowest BCUT2D eigenvalue weighted by Crippen LogP contribution is -2.43. The SMILES string of the molecule is CC(CN1CCCCC1)NC(=O)c1cc(N)c[nH]1. The van der Waals surface area contributed by atoms with Crippen LogP contribution in [0.3, 0.4) is 0 Å². The third kappa shape index (κ3) is 3.50. The van der Waals surface area contributed by atoms with Crippen molar-refractivity contribution in [1.29, 1.82) is 0 Å². The van der Waals surface area contributed by atoms with Crippen LogP contribution in [0.1, 0.15) is 36.7 Å². The second kappa shape index (κ2) is 5.91. The Morgan fingerprint density at radius 2 is 2.22 bits per heavy atom. The predicted octanol–water partition coefficient (Wildman–Crippen LogP) is 1.20. The average Bonchev–Trinajstić information content (AvgIpc) is 2.77. The monoisotopic (exact) mass is 250 g/mol. The second-order valence-corrected chi connectivity index (χ2v) is 5.08. The smallest absolute Gasteiger partial charge is 0.268 e. The lowest BCUT2D eigenvalue weighted by molar-refractivity contribution is 0.0921. The van der Waals surface area contributed by atoms with Gasteiger partial charge in [-0.1, -0.05) is 6.42 Å². The maximum atomic E-state index is 11.9. The molecule has 1 amide bonds. The van der Waals surface area contributed by atoms with Gasteiger partial charge in [0.05, 0.1) is 0 Å². The molecule has 2 heterocycles. The van der Waals surface area contributed by atoms with E-state index >= 15 is 0 Å². The molecule has 1 aromatic heterocycles. The third-order valence-electron chi connectivity index (χ3n) is 3.31. The number of anilines is 1. The van der Waals surface area contributed by atoms with Crippen molar-refractivity contribution in [2.45, 2.75) is 32.2 Å². The number of rotatable bonds is 4. The van der Waals surface area contributed by atoms with Crippen molar-refractivity contribution in [3.63, 3.8) is 0 Å². The van der Waals surface area contributed by atoms with Crippen molar-refractivity contribution < 1.29 is 4.79 Å². The van der Waals surface area contributed by atoms with E-state index in [1.54, 1.807) is 12.3 Å². The summed E-state index contributed by atoms with van der Waals surface area (Å²) in [7, 11) is 0. The Kier molecular flexibility index (Phi) is 4.25. The maximum absolute atomic E-state index is 11.9. The van der Waals surface area contributed by atoms with Crippen LogP contribution in [0.15, 0.2) is 12.3 Å². The van der Waals surface area contributed by atoms with E-state index in [4.69, 9.17) is 5.73 Å². The van der Waals surface area contributed by atoms with Crippen LogP contribution in [0.4, 0.5) is 5.69 Å². The molecule has 1 aromatic rings. The Balaban J connectivity index is 1.79. The van der Waals surface area contributed by atoms with Gasteiger partial charge < -0.3 is 20.9 Å². The zero-order valence-corrected chi connectivity index (χ0v) is 10.9. The van der Waals surface area contributed by atoms with Gasteiger partial charge in [-0.25, -0.2) is 0 Å². The van der Waals surface area contributed by atoms with Gasteiger partial charge in [-0.15, -0.1) is 0 Å². The summed E-state index contributed by atoms with van der Waals surface area (Å²) in [6.45, 7) is 5.26. The first kappa shape index (κ1) is 13.0. The Morgan fingerprint density at radius 3 is 2.83 bits per heavy atom. The summed E-state index contributed by atoms with van der Waals surface area (Å²) in [6.07, 6.45) is 5.50. The maximum Gasteiger partial charge on any atom is 0.268 e. The molecule has 0 aromatic carbocycles. The van der Waals surface area contributed by atoms with Crippen LogP contribution in [0.25, 0.3) is 0 Å². The molecule has 0 bridgehead atoms. The van der Waals surface area contributed by atoms with E-state index in [1.807, 2.05) is 6.92 Å². The molecule has 5 nitrogen and oxygen atoms in total. The zero-order chi connectivity index (χ0) is 13.0. The molecule has 1 fully saturated rings. The lowest BCUT2D eigenvalue weighted by Gasteiger charge is -2.29. The Hall–Kier alpha value is -1.49. The number of likely N-dealkylation sites (tertiary alicyclic amines) is 1. The summed E-state index contributed by atoms with van der Waals surface area (Å²) in [6, 6.07) is 1.81. The van der Waals surface area contributed by atoms with Gasteiger partial charge in [0.15, 0.2) is 0 Å². The van der Waals surface area contributed by atoms with E-state index < -0.39 is 0 Å². The predicted molar refractivity (Wildman–Crippen MR) is 72.4 cm³/mol. The summed E-state index contributed by atoms with van der Waals surface area (Å²) in [4.78, 5) is 17.2. The highest BCUT2D eigenvalue weighted by Crippen LogP contribution is 2.09. The number of nitrogens with zero attached hydrogens (tertiary/aromatic N) is 1. The molecule has 1 atom stereocenters. The first-order valence-electron chi connectivity index (χ1n) is 6.62. The van der Waals surface area contributed by atoms with Gasteiger partial charge in [-0.05, 0) is 38.9 Å². The van der Waals surface area contributed by atoms with Crippen molar-refractivity contribution in [2.24, 2.45) is 0 Å². The fourth-order valence-corrected chi connectivity index (χ4v) is 2.42. The standard InChI is InChI=1S/C13H22N4O/c1-10(9-17-5-3-2-4-6-17)16-13(18)12-7-11(14)8-15-12/h7-8,10,15H,2-6,9,14H2,1H3,(H,16,18). The summed E-state index contributed by atoms with van der Waals surface area (Å²) in [5.74, 6) is -0.0868. The van der Waals surface area contributed by atoms with Crippen LogP contribution in [-0.4, -0.2) is 41.5 Å². The number of piperidine rings is 1. The number of nitrogen functional groups attached to an aromatic ring is 1. The minimum atomic E-state index is -0.0868. The van der Waals surface area contributed by atoms with Gasteiger partial charge in [0.25, 0.3) is 5.91 Å². The molecule has 18 heavy (non-hydrogen) atoms.